The number of nitrogens with zero attached hydrogens (tertiary/aromatic N) is 4. The Balaban J connectivity index is 1.75. The molecule has 3 heterocycles. The van der Waals surface area contributed by atoms with Gasteiger partial charge in [0.2, 0.25) is 0 Å². The summed E-state index contributed by atoms with van der Waals surface area (Å²) in [5, 5.41) is 12.8. The molecule has 0 saturated carbocycles. The maximum absolute atomic E-state index is 13.2. The molecule has 2 aromatic heterocycles. The first kappa shape index (κ1) is 15.2. The maximum atomic E-state index is 13.2. The molecule has 6 nitrogen and oxygen atoms in total. The molecule has 1 N–H and O–H groups in total. The maximum Gasteiger partial charge on any atom is 0.255 e. The summed E-state index contributed by atoms with van der Waals surface area (Å²) in [7, 11) is 1.83. The van der Waals surface area contributed by atoms with Crippen LogP contribution in [0.3, 0.4) is 0 Å². The minimum Gasteiger partial charge on any atom is -0.331 e. The molecule has 1 aromatic carbocycles. The second-order valence-electron chi connectivity index (χ2n) is 6.21. The van der Waals surface area contributed by atoms with E-state index in [2.05, 4.69) is 15.3 Å². The van der Waals surface area contributed by atoms with Crippen molar-refractivity contribution in [3.63, 3.8) is 0 Å². The van der Waals surface area contributed by atoms with Crippen molar-refractivity contribution in [2.75, 3.05) is 6.54 Å². The summed E-state index contributed by atoms with van der Waals surface area (Å²) in [5.41, 5.74) is 3.39. The fourth-order valence-electron chi connectivity index (χ4n) is 3.64. The van der Waals surface area contributed by atoms with E-state index in [0.717, 1.165) is 41.5 Å². The topological polar surface area (TPSA) is 66.8 Å². The molecule has 3 aromatic rings. The second kappa shape index (κ2) is 5.63. The lowest BCUT2D eigenvalue weighted by molar-refractivity contribution is 0.0737. The van der Waals surface area contributed by atoms with Gasteiger partial charge in [-0.2, -0.15) is 10.2 Å². The highest BCUT2D eigenvalue weighted by Gasteiger charge is 2.35. The smallest absolute Gasteiger partial charge is 0.255 e. The van der Waals surface area contributed by atoms with Crippen LogP contribution in [-0.4, -0.2) is 37.3 Å². The van der Waals surface area contributed by atoms with Crippen molar-refractivity contribution in [3.05, 3.63) is 46.4 Å². The first-order valence-corrected chi connectivity index (χ1v) is 8.37. The number of nitrogens with one attached hydrogen (secondary N) is 1. The van der Waals surface area contributed by atoms with Crippen molar-refractivity contribution in [2.24, 2.45) is 7.05 Å². The van der Waals surface area contributed by atoms with E-state index in [9.17, 15) is 4.79 Å². The van der Waals surface area contributed by atoms with E-state index in [4.69, 9.17) is 11.6 Å². The number of carbonyl (C=O) groups is 1. The summed E-state index contributed by atoms with van der Waals surface area (Å²) in [4.78, 5) is 15.1. The van der Waals surface area contributed by atoms with Crippen LogP contribution in [0.1, 0.15) is 40.5 Å². The van der Waals surface area contributed by atoms with Crippen LogP contribution in [0.4, 0.5) is 0 Å². The third kappa shape index (κ3) is 2.21. The first-order chi connectivity index (χ1) is 11.6. The summed E-state index contributed by atoms with van der Waals surface area (Å²) in [6, 6.07) is 5.62. The number of benzene rings is 1. The lowest BCUT2D eigenvalue weighted by atomic mass is 10.0. The number of fused-ring (bicyclic) bond motifs is 1. The average Bonchev–Trinajstić information content (AvgIpc) is 3.26. The molecule has 1 saturated heterocycles. The predicted molar refractivity (Wildman–Crippen MR) is 92.1 cm³/mol. The summed E-state index contributed by atoms with van der Waals surface area (Å²) >= 11 is 6.44. The van der Waals surface area contributed by atoms with Crippen LogP contribution >= 0.6 is 11.6 Å². The fourth-order valence-corrected chi connectivity index (χ4v) is 3.94. The SMILES string of the molecule is Cc1nn(C)c(Cl)c1C1CCCN1C(=O)c1cccc2[nH]ncc12. The number of halogens is 1. The van der Waals surface area contributed by atoms with Gasteiger partial charge in [0.1, 0.15) is 5.15 Å². The Morgan fingerprint density at radius 3 is 3.00 bits per heavy atom. The zero-order chi connectivity index (χ0) is 16.8. The van der Waals surface area contributed by atoms with Gasteiger partial charge in [0.15, 0.2) is 0 Å². The number of aromatic nitrogens is 4. The van der Waals surface area contributed by atoms with E-state index in [1.807, 2.05) is 37.1 Å². The van der Waals surface area contributed by atoms with Crippen LogP contribution < -0.4 is 0 Å². The van der Waals surface area contributed by atoms with Gasteiger partial charge in [-0.05, 0) is 31.9 Å². The summed E-state index contributed by atoms with van der Waals surface area (Å²) in [5.74, 6) is 0.0174. The third-order valence-corrected chi connectivity index (χ3v) is 5.21. The number of H-pyrrole nitrogens is 1. The largest absolute Gasteiger partial charge is 0.331 e. The molecule has 1 aliphatic heterocycles. The van der Waals surface area contributed by atoms with Crippen molar-refractivity contribution in [1.29, 1.82) is 0 Å². The molecule has 1 atom stereocenters. The van der Waals surface area contributed by atoms with Crippen molar-refractivity contribution < 1.29 is 4.79 Å². The average molecular weight is 344 g/mol. The van der Waals surface area contributed by atoms with Crippen LogP contribution in [0.15, 0.2) is 24.4 Å². The Labute approximate surface area is 144 Å². The molecule has 1 unspecified atom stereocenters. The molecule has 124 valence electrons. The van der Waals surface area contributed by atoms with Crippen LogP contribution in [-0.2, 0) is 7.05 Å². The molecule has 1 aliphatic rings. The van der Waals surface area contributed by atoms with Gasteiger partial charge in [0, 0.05) is 24.5 Å². The van der Waals surface area contributed by atoms with Crippen LogP contribution in [0, 0.1) is 6.92 Å². The summed E-state index contributed by atoms with van der Waals surface area (Å²) in [6.45, 7) is 2.67. The van der Waals surface area contributed by atoms with E-state index < -0.39 is 0 Å². The lowest BCUT2D eigenvalue weighted by Crippen LogP contribution is -2.31. The molecular weight excluding hydrogens is 326 g/mol. The Morgan fingerprint density at radius 2 is 2.25 bits per heavy atom. The molecule has 0 aliphatic carbocycles. The second-order valence-corrected chi connectivity index (χ2v) is 6.56. The van der Waals surface area contributed by atoms with Gasteiger partial charge in [-0.15, -0.1) is 0 Å². The lowest BCUT2D eigenvalue weighted by Gasteiger charge is -2.25. The predicted octanol–water partition coefficient (Wildman–Crippen LogP) is 3.24. The summed E-state index contributed by atoms with van der Waals surface area (Å²) in [6.07, 6.45) is 3.57. The van der Waals surface area contributed by atoms with E-state index in [-0.39, 0.29) is 11.9 Å². The zero-order valence-electron chi connectivity index (χ0n) is 13.6. The number of likely N-dealkylation sites (tertiary alicyclic amines) is 1. The van der Waals surface area contributed by atoms with Gasteiger partial charge >= 0.3 is 0 Å². The van der Waals surface area contributed by atoms with Gasteiger partial charge in [-0.3, -0.25) is 14.6 Å². The molecule has 24 heavy (non-hydrogen) atoms. The zero-order valence-corrected chi connectivity index (χ0v) is 14.3. The fraction of sp³-hybridized carbons (Fsp3) is 0.353. The molecular formula is C17H18ClN5O. The molecule has 7 heteroatoms. The van der Waals surface area contributed by atoms with Crippen molar-refractivity contribution in [2.45, 2.75) is 25.8 Å². The Hall–Kier alpha value is -2.34. The van der Waals surface area contributed by atoms with Crippen LogP contribution in [0.25, 0.3) is 10.9 Å². The van der Waals surface area contributed by atoms with Crippen molar-refractivity contribution in [3.8, 4) is 0 Å². The standard InChI is InChI=1S/C17H18ClN5O/c1-10-15(16(18)22(2)21-10)14-7-4-8-23(14)17(24)11-5-3-6-13-12(11)9-19-20-13/h3,5-6,9,14H,4,7-8H2,1-2H3,(H,19,20). The highest BCUT2D eigenvalue weighted by atomic mass is 35.5. The quantitative estimate of drug-likeness (QED) is 0.776. The van der Waals surface area contributed by atoms with Gasteiger partial charge in [0.05, 0.1) is 29.0 Å². The molecule has 0 bridgehead atoms. The Morgan fingerprint density at radius 1 is 1.42 bits per heavy atom. The van der Waals surface area contributed by atoms with E-state index in [0.29, 0.717) is 10.7 Å². The number of carbonyl (C=O) groups excluding carboxylic acids is 1. The van der Waals surface area contributed by atoms with Gasteiger partial charge in [-0.25, -0.2) is 0 Å². The highest BCUT2D eigenvalue weighted by Crippen LogP contribution is 2.38. The van der Waals surface area contributed by atoms with Crippen molar-refractivity contribution >= 4 is 28.4 Å². The monoisotopic (exact) mass is 343 g/mol. The van der Waals surface area contributed by atoms with Crippen LogP contribution in [0.5, 0.6) is 0 Å². The van der Waals surface area contributed by atoms with Gasteiger partial charge < -0.3 is 4.90 Å². The Kier molecular flexibility index (Phi) is 3.57. The number of amides is 1. The molecule has 1 fully saturated rings. The van der Waals surface area contributed by atoms with Crippen molar-refractivity contribution in [1.82, 2.24) is 24.9 Å². The minimum atomic E-state index is -0.0270. The number of hydrogen-bond donors (Lipinski definition) is 1. The van der Waals surface area contributed by atoms with Gasteiger partial charge in [0.25, 0.3) is 5.91 Å². The minimum absolute atomic E-state index is 0.0174. The molecule has 4 rings (SSSR count). The summed E-state index contributed by atoms with van der Waals surface area (Å²) < 4.78 is 1.67. The number of aryl methyl sites for hydroxylation is 2. The van der Waals surface area contributed by atoms with E-state index in [1.54, 1.807) is 10.9 Å². The highest BCUT2D eigenvalue weighted by molar-refractivity contribution is 6.30. The normalized spacial score (nSPS) is 17.8. The number of aromatic amines is 1. The molecule has 1 amide bonds. The number of hydrogen-bond acceptors (Lipinski definition) is 3. The van der Waals surface area contributed by atoms with Crippen LogP contribution in [0.2, 0.25) is 5.15 Å². The molecule has 0 spiro atoms. The number of rotatable bonds is 2. The third-order valence-electron chi connectivity index (χ3n) is 4.76. The Bertz CT molecular complexity index is 928. The molecule has 0 radical (unpaired) electrons. The van der Waals surface area contributed by atoms with E-state index >= 15 is 0 Å². The first-order valence-electron chi connectivity index (χ1n) is 8.00. The van der Waals surface area contributed by atoms with E-state index in [1.165, 1.54) is 0 Å². The van der Waals surface area contributed by atoms with Gasteiger partial charge in [-0.1, -0.05) is 17.7 Å².